The van der Waals surface area contributed by atoms with Crippen molar-refractivity contribution in [1.82, 2.24) is 5.32 Å². The molecule has 120 valence electrons. The summed E-state index contributed by atoms with van der Waals surface area (Å²) in [6.45, 7) is 3.86. The first-order chi connectivity index (χ1) is 10.8. The van der Waals surface area contributed by atoms with Crippen molar-refractivity contribution in [3.05, 3.63) is 56.0 Å². The van der Waals surface area contributed by atoms with Gasteiger partial charge in [-0.25, -0.2) is 0 Å². The lowest BCUT2D eigenvalue weighted by molar-refractivity contribution is 0.0977. The molecule has 0 spiro atoms. The average molecular weight is 458 g/mol. The lowest BCUT2D eigenvalue weighted by atomic mass is 10.1. The predicted molar refractivity (Wildman–Crippen MR) is 103 cm³/mol. The molecule has 2 rings (SSSR count). The van der Waals surface area contributed by atoms with Crippen LogP contribution in [0.1, 0.15) is 21.5 Å². The summed E-state index contributed by atoms with van der Waals surface area (Å²) in [5.41, 5.74) is 3.19. The Bertz CT molecular complexity index is 771. The van der Waals surface area contributed by atoms with Crippen LogP contribution in [0, 0.1) is 13.8 Å². The number of hydrogen-bond acceptors (Lipinski definition) is 3. The van der Waals surface area contributed by atoms with E-state index in [4.69, 9.17) is 12.2 Å². The predicted octanol–water partition coefficient (Wildman–Crippen LogP) is 4.66. The second-order valence-electron chi connectivity index (χ2n) is 5.02. The van der Waals surface area contributed by atoms with Crippen molar-refractivity contribution in [1.29, 1.82) is 0 Å². The zero-order valence-corrected chi connectivity index (χ0v) is 16.4. The van der Waals surface area contributed by atoms with Gasteiger partial charge in [-0.1, -0.05) is 17.7 Å². The molecule has 1 amide bonds. The number of rotatable bonds is 2. The number of thiocarbonyl (C=S) groups is 1. The van der Waals surface area contributed by atoms with Crippen molar-refractivity contribution >= 4 is 60.8 Å². The molecular formula is C16H14Br2N2O2S. The maximum Gasteiger partial charge on any atom is 0.257 e. The molecular weight excluding hydrogens is 444 g/mol. The van der Waals surface area contributed by atoms with Gasteiger partial charge in [0.15, 0.2) is 5.11 Å². The minimum absolute atomic E-state index is 0.0979. The number of aromatic hydroxyl groups is 1. The lowest BCUT2D eigenvalue weighted by Crippen LogP contribution is -2.34. The number of halogens is 2. The van der Waals surface area contributed by atoms with Gasteiger partial charge in [-0.15, -0.1) is 0 Å². The molecule has 2 aromatic rings. The Balaban J connectivity index is 2.09. The van der Waals surface area contributed by atoms with E-state index in [0.29, 0.717) is 20.2 Å². The number of carbonyl (C=O) groups is 1. The van der Waals surface area contributed by atoms with Crippen molar-refractivity contribution < 1.29 is 9.90 Å². The van der Waals surface area contributed by atoms with Crippen LogP contribution in [0.2, 0.25) is 0 Å². The zero-order valence-electron chi connectivity index (χ0n) is 12.4. The first-order valence-electron chi connectivity index (χ1n) is 6.65. The third-order valence-corrected chi connectivity index (χ3v) is 4.54. The number of phenols is 1. The topological polar surface area (TPSA) is 61.4 Å². The van der Waals surface area contributed by atoms with Gasteiger partial charge < -0.3 is 10.4 Å². The Morgan fingerprint density at radius 1 is 1.13 bits per heavy atom. The first kappa shape index (κ1) is 17.9. The van der Waals surface area contributed by atoms with Gasteiger partial charge in [0, 0.05) is 11.3 Å². The highest BCUT2D eigenvalue weighted by atomic mass is 79.9. The van der Waals surface area contributed by atoms with Crippen LogP contribution in [-0.4, -0.2) is 16.1 Å². The Morgan fingerprint density at radius 2 is 1.74 bits per heavy atom. The lowest BCUT2D eigenvalue weighted by Gasteiger charge is -2.12. The molecule has 0 saturated heterocycles. The van der Waals surface area contributed by atoms with Gasteiger partial charge in [0.2, 0.25) is 0 Å². The van der Waals surface area contributed by atoms with Crippen LogP contribution in [0.15, 0.2) is 39.3 Å². The van der Waals surface area contributed by atoms with Gasteiger partial charge in [-0.3, -0.25) is 10.1 Å². The minimum atomic E-state index is -0.267. The van der Waals surface area contributed by atoms with Gasteiger partial charge in [0.1, 0.15) is 5.75 Å². The highest BCUT2D eigenvalue weighted by molar-refractivity contribution is 9.11. The quantitative estimate of drug-likeness (QED) is 0.453. The molecule has 23 heavy (non-hydrogen) atoms. The molecule has 0 bridgehead atoms. The number of carbonyl (C=O) groups excluding carboxylic acids is 1. The van der Waals surface area contributed by atoms with E-state index in [2.05, 4.69) is 42.5 Å². The third kappa shape index (κ3) is 4.53. The van der Waals surface area contributed by atoms with Crippen LogP contribution in [-0.2, 0) is 0 Å². The molecule has 0 saturated carbocycles. The second kappa shape index (κ2) is 7.42. The van der Waals surface area contributed by atoms with E-state index in [1.165, 1.54) is 0 Å². The van der Waals surface area contributed by atoms with Gasteiger partial charge in [-0.2, -0.15) is 0 Å². The van der Waals surface area contributed by atoms with Gasteiger partial charge >= 0.3 is 0 Å². The van der Waals surface area contributed by atoms with E-state index >= 15 is 0 Å². The monoisotopic (exact) mass is 456 g/mol. The van der Waals surface area contributed by atoms with Crippen LogP contribution < -0.4 is 10.6 Å². The van der Waals surface area contributed by atoms with Crippen molar-refractivity contribution in [2.45, 2.75) is 13.8 Å². The fourth-order valence-electron chi connectivity index (χ4n) is 2.04. The van der Waals surface area contributed by atoms with E-state index in [1.807, 2.05) is 26.0 Å². The number of anilines is 1. The molecule has 0 fully saturated rings. The van der Waals surface area contributed by atoms with Crippen molar-refractivity contribution in [2.24, 2.45) is 0 Å². The smallest absolute Gasteiger partial charge is 0.257 e. The van der Waals surface area contributed by atoms with Crippen LogP contribution in [0.25, 0.3) is 0 Å². The van der Waals surface area contributed by atoms with E-state index < -0.39 is 0 Å². The summed E-state index contributed by atoms with van der Waals surface area (Å²) in [6, 6.07) is 8.92. The van der Waals surface area contributed by atoms with E-state index in [1.54, 1.807) is 18.2 Å². The summed E-state index contributed by atoms with van der Waals surface area (Å²) in [6.07, 6.45) is 0. The van der Waals surface area contributed by atoms with Crippen LogP contribution in [0.4, 0.5) is 5.69 Å². The van der Waals surface area contributed by atoms with Crippen LogP contribution >= 0.6 is 44.1 Å². The highest BCUT2D eigenvalue weighted by Gasteiger charge is 2.12. The Morgan fingerprint density at radius 3 is 2.30 bits per heavy atom. The molecule has 0 aliphatic carbocycles. The Labute approximate surface area is 156 Å². The molecule has 0 aliphatic rings. The Kier molecular flexibility index (Phi) is 5.78. The van der Waals surface area contributed by atoms with Crippen LogP contribution in [0.5, 0.6) is 5.75 Å². The van der Waals surface area contributed by atoms with Crippen molar-refractivity contribution in [3.8, 4) is 5.75 Å². The van der Waals surface area contributed by atoms with E-state index in [-0.39, 0.29) is 16.8 Å². The van der Waals surface area contributed by atoms with E-state index in [0.717, 1.165) is 11.1 Å². The molecule has 2 aromatic carbocycles. The molecule has 0 heterocycles. The summed E-state index contributed by atoms with van der Waals surface area (Å²) in [7, 11) is 0. The maximum atomic E-state index is 12.3. The second-order valence-corrected chi connectivity index (χ2v) is 7.13. The number of benzene rings is 2. The summed E-state index contributed by atoms with van der Waals surface area (Å²) in [5.74, 6) is -0.169. The summed E-state index contributed by atoms with van der Waals surface area (Å²) < 4.78 is 1.02. The molecule has 4 nitrogen and oxygen atoms in total. The number of amides is 1. The summed E-state index contributed by atoms with van der Waals surface area (Å²) >= 11 is 11.6. The molecule has 0 atom stereocenters. The van der Waals surface area contributed by atoms with Gasteiger partial charge in [0.05, 0.1) is 8.95 Å². The van der Waals surface area contributed by atoms with Gasteiger partial charge in [-0.05, 0) is 81.7 Å². The molecule has 0 aromatic heterocycles. The van der Waals surface area contributed by atoms with Crippen molar-refractivity contribution in [2.75, 3.05) is 5.32 Å². The largest absolute Gasteiger partial charge is 0.506 e. The normalized spacial score (nSPS) is 10.3. The fourth-order valence-corrected chi connectivity index (χ4v) is 3.44. The molecule has 0 aliphatic heterocycles. The summed E-state index contributed by atoms with van der Waals surface area (Å²) in [5, 5.41) is 15.4. The minimum Gasteiger partial charge on any atom is -0.506 e. The number of hydrogen-bond donors (Lipinski definition) is 3. The van der Waals surface area contributed by atoms with E-state index in [9.17, 15) is 9.90 Å². The number of phenolic OH excluding ortho intramolecular Hbond substituents is 1. The summed E-state index contributed by atoms with van der Waals surface area (Å²) in [4.78, 5) is 12.3. The van der Waals surface area contributed by atoms with Crippen molar-refractivity contribution in [3.63, 3.8) is 0 Å². The fraction of sp³-hybridized carbons (Fsp3) is 0.125. The third-order valence-electron chi connectivity index (χ3n) is 3.13. The number of aryl methyl sites for hydroxylation is 2. The Hall–Kier alpha value is -1.44. The number of nitrogens with one attached hydrogen (secondary N) is 2. The molecule has 0 radical (unpaired) electrons. The first-order valence-corrected chi connectivity index (χ1v) is 8.65. The zero-order chi connectivity index (χ0) is 17.1. The van der Waals surface area contributed by atoms with Gasteiger partial charge in [0.25, 0.3) is 5.91 Å². The molecule has 3 N–H and O–H groups in total. The average Bonchev–Trinajstić information content (AvgIpc) is 2.44. The van der Waals surface area contributed by atoms with Crippen LogP contribution in [0.3, 0.4) is 0 Å². The molecule has 7 heteroatoms. The molecule has 0 unspecified atom stereocenters. The highest BCUT2D eigenvalue weighted by Crippen LogP contribution is 2.35. The standard InChI is InChI=1S/C16H14Br2N2O2S/c1-8-3-4-11(9(2)5-8)15(22)20-16(23)19-10-6-12(17)14(21)13(18)7-10/h3-7,21H,1-2H3,(H2,19,20,22,23). The maximum absolute atomic E-state index is 12.3. The SMILES string of the molecule is Cc1ccc(C(=O)NC(=S)Nc2cc(Br)c(O)c(Br)c2)c(C)c1.